The van der Waals surface area contributed by atoms with Crippen molar-refractivity contribution in [1.82, 2.24) is 10.2 Å². The number of amides is 1. The summed E-state index contributed by atoms with van der Waals surface area (Å²) in [6.45, 7) is 7.16. The third kappa shape index (κ3) is 4.47. The minimum absolute atomic E-state index is 0.0726. The second-order valence-corrected chi connectivity index (χ2v) is 8.43. The van der Waals surface area contributed by atoms with Gasteiger partial charge in [-0.3, -0.25) is 4.79 Å². The molecule has 0 radical (unpaired) electrons. The molecule has 0 aliphatic carbocycles. The smallest absolute Gasteiger partial charge is 0.338 e. The van der Waals surface area contributed by atoms with E-state index >= 15 is 0 Å². The number of esters is 1. The maximum atomic E-state index is 12.6. The Morgan fingerprint density at radius 3 is 2.71 bits per heavy atom. The fourth-order valence-corrected chi connectivity index (χ4v) is 4.45. The topological polar surface area (TPSA) is 82.4 Å². The van der Waals surface area contributed by atoms with Crippen molar-refractivity contribution in [3.8, 4) is 6.07 Å². The van der Waals surface area contributed by atoms with Crippen LogP contribution >= 0.6 is 0 Å². The zero-order valence-electron chi connectivity index (χ0n) is 18.0. The van der Waals surface area contributed by atoms with Crippen molar-refractivity contribution in [1.29, 1.82) is 5.26 Å². The fraction of sp³-hybridized carbons (Fsp3) is 0.400. The highest BCUT2D eigenvalue weighted by atomic mass is 16.5. The summed E-state index contributed by atoms with van der Waals surface area (Å²) in [5.41, 5.74) is 6.20. The molecule has 1 fully saturated rings. The third-order valence-corrected chi connectivity index (χ3v) is 6.51. The zero-order valence-corrected chi connectivity index (χ0v) is 18.0. The van der Waals surface area contributed by atoms with E-state index in [0.29, 0.717) is 23.3 Å². The first-order valence-electron chi connectivity index (χ1n) is 10.8. The first-order chi connectivity index (χ1) is 15.0. The lowest BCUT2D eigenvalue weighted by atomic mass is 9.96. The molecule has 2 aliphatic rings. The number of likely N-dealkylation sites (tertiary alicyclic amines) is 1. The molecule has 6 heteroatoms. The molecule has 2 aromatic carbocycles. The van der Waals surface area contributed by atoms with Crippen LogP contribution in [0, 0.1) is 25.2 Å². The number of benzene rings is 2. The molecule has 2 aromatic rings. The lowest BCUT2D eigenvalue weighted by molar-refractivity contribution is 0.0534. The molecule has 6 nitrogen and oxygen atoms in total. The van der Waals surface area contributed by atoms with Gasteiger partial charge in [-0.2, -0.15) is 5.26 Å². The average molecular weight is 418 g/mol. The first kappa shape index (κ1) is 21.1. The number of hydrogen-bond acceptors (Lipinski definition) is 5. The molecule has 2 aliphatic heterocycles. The molecule has 0 atom stereocenters. The van der Waals surface area contributed by atoms with E-state index < -0.39 is 0 Å². The molecule has 0 bridgehead atoms. The number of fused-ring (bicyclic) bond motifs is 1. The van der Waals surface area contributed by atoms with Crippen molar-refractivity contribution in [2.75, 3.05) is 19.6 Å². The van der Waals surface area contributed by atoms with Gasteiger partial charge in [0.2, 0.25) is 0 Å². The summed E-state index contributed by atoms with van der Waals surface area (Å²) < 4.78 is 5.15. The lowest BCUT2D eigenvalue weighted by Gasteiger charge is -2.32. The van der Waals surface area contributed by atoms with Gasteiger partial charge in [0.1, 0.15) is 6.61 Å². The Balaban J connectivity index is 1.27. The molecule has 31 heavy (non-hydrogen) atoms. The normalized spacial score (nSPS) is 16.5. The second-order valence-electron chi connectivity index (χ2n) is 8.43. The van der Waals surface area contributed by atoms with Crippen LogP contribution in [0.4, 0.5) is 0 Å². The van der Waals surface area contributed by atoms with Crippen LogP contribution in [-0.2, 0) is 17.8 Å². The molecule has 160 valence electrons. The summed E-state index contributed by atoms with van der Waals surface area (Å²) in [7, 11) is 0. The molecule has 1 saturated heterocycles. The summed E-state index contributed by atoms with van der Waals surface area (Å²) in [5.74, 6) is -0.290. The van der Waals surface area contributed by atoms with Crippen LogP contribution in [0.5, 0.6) is 0 Å². The van der Waals surface area contributed by atoms with Crippen molar-refractivity contribution in [3.05, 3.63) is 69.3 Å². The second kappa shape index (κ2) is 8.91. The van der Waals surface area contributed by atoms with Crippen molar-refractivity contribution in [2.45, 2.75) is 45.8 Å². The van der Waals surface area contributed by atoms with Crippen LogP contribution in [-0.4, -0.2) is 42.5 Å². The summed E-state index contributed by atoms with van der Waals surface area (Å²) in [6, 6.07) is 11.4. The highest BCUT2D eigenvalue weighted by Gasteiger charge is 2.25. The van der Waals surface area contributed by atoms with E-state index in [1.54, 1.807) is 18.2 Å². The van der Waals surface area contributed by atoms with Gasteiger partial charge in [0.25, 0.3) is 5.91 Å². The molecule has 0 spiro atoms. The number of nitriles is 1. The SMILES string of the molecule is Cc1cc(C(=O)NC2CCN(CCc3ccc4c(c3C)COC4=O)CC2)ccc1C#N. The van der Waals surface area contributed by atoms with E-state index in [4.69, 9.17) is 10.00 Å². The van der Waals surface area contributed by atoms with E-state index in [1.807, 2.05) is 19.1 Å². The minimum atomic E-state index is -0.218. The average Bonchev–Trinajstić information content (AvgIpc) is 3.15. The Morgan fingerprint density at radius 1 is 1.23 bits per heavy atom. The fourth-order valence-electron chi connectivity index (χ4n) is 4.45. The Hall–Kier alpha value is -3.17. The van der Waals surface area contributed by atoms with E-state index in [-0.39, 0.29) is 17.9 Å². The molecule has 1 N–H and O–H groups in total. The largest absolute Gasteiger partial charge is 0.457 e. The van der Waals surface area contributed by atoms with Crippen LogP contribution < -0.4 is 5.32 Å². The molecule has 0 unspecified atom stereocenters. The van der Waals surface area contributed by atoms with Crippen molar-refractivity contribution in [2.24, 2.45) is 0 Å². The van der Waals surface area contributed by atoms with Crippen molar-refractivity contribution in [3.63, 3.8) is 0 Å². The van der Waals surface area contributed by atoms with Crippen LogP contribution in [0.25, 0.3) is 0 Å². The van der Waals surface area contributed by atoms with Crippen LogP contribution in [0.2, 0.25) is 0 Å². The number of rotatable bonds is 5. The number of hydrogen-bond donors (Lipinski definition) is 1. The van der Waals surface area contributed by atoms with E-state index in [9.17, 15) is 9.59 Å². The van der Waals surface area contributed by atoms with Gasteiger partial charge in [-0.1, -0.05) is 6.07 Å². The summed E-state index contributed by atoms with van der Waals surface area (Å²) in [5, 5.41) is 12.2. The monoisotopic (exact) mass is 417 g/mol. The number of aryl methyl sites for hydroxylation is 1. The maximum absolute atomic E-state index is 12.6. The van der Waals surface area contributed by atoms with Crippen molar-refractivity contribution < 1.29 is 14.3 Å². The Morgan fingerprint density at radius 2 is 2.00 bits per heavy atom. The van der Waals surface area contributed by atoms with Gasteiger partial charge in [0.05, 0.1) is 17.2 Å². The molecule has 0 aromatic heterocycles. The summed E-state index contributed by atoms with van der Waals surface area (Å²) >= 11 is 0. The number of cyclic esters (lactones) is 1. The Labute approximate surface area is 182 Å². The predicted molar refractivity (Wildman–Crippen MR) is 117 cm³/mol. The number of piperidine rings is 1. The molecule has 0 saturated carbocycles. The van der Waals surface area contributed by atoms with Crippen molar-refractivity contribution >= 4 is 11.9 Å². The molecular weight excluding hydrogens is 390 g/mol. The quantitative estimate of drug-likeness (QED) is 0.755. The number of carbonyl (C=O) groups excluding carboxylic acids is 2. The molecule has 1 amide bonds. The Kier molecular flexibility index (Phi) is 6.06. The lowest BCUT2D eigenvalue weighted by Crippen LogP contribution is -2.45. The van der Waals surface area contributed by atoms with Gasteiger partial charge in [-0.15, -0.1) is 0 Å². The molecule has 2 heterocycles. The van der Waals surface area contributed by atoms with Crippen LogP contribution in [0.3, 0.4) is 0 Å². The van der Waals surface area contributed by atoms with E-state index in [0.717, 1.165) is 50.0 Å². The molecular formula is C25H27N3O3. The van der Waals surface area contributed by atoms with Crippen LogP contribution in [0.1, 0.15) is 61.4 Å². The van der Waals surface area contributed by atoms with E-state index in [2.05, 4.69) is 23.2 Å². The Bertz CT molecular complexity index is 1060. The number of nitrogens with one attached hydrogen (secondary N) is 1. The number of carbonyl (C=O) groups is 2. The minimum Gasteiger partial charge on any atom is -0.457 e. The van der Waals surface area contributed by atoms with Gasteiger partial charge in [-0.05, 0) is 74.1 Å². The van der Waals surface area contributed by atoms with Gasteiger partial charge >= 0.3 is 5.97 Å². The van der Waals surface area contributed by atoms with Gasteiger partial charge in [0.15, 0.2) is 0 Å². The highest BCUT2D eigenvalue weighted by Crippen LogP contribution is 2.26. The summed E-state index contributed by atoms with van der Waals surface area (Å²) in [6.07, 6.45) is 2.79. The predicted octanol–water partition coefficient (Wildman–Crippen LogP) is 3.28. The van der Waals surface area contributed by atoms with Gasteiger partial charge in [-0.25, -0.2) is 4.79 Å². The number of nitrogens with zero attached hydrogens (tertiary/aromatic N) is 2. The summed E-state index contributed by atoms with van der Waals surface area (Å²) in [4.78, 5) is 26.7. The third-order valence-electron chi connectivity index (χ3n) is 6.51. The molecule has 4 rings (SSSR count). The van der Waals surface area contributed by atoms with Crippen LogP contribution in [0.15, 0.2) is 30.3 Å². The van der Waals surface area contributed by atoms with Gasteiger partial charge < -0.3 is 15.0 Å². The van der Waals surface area contributed by atoms with Gasteiger partial charge in [0, 0.05) is 36.8 Å². The number of ether oxygens (including phenoxy) is 1. The highest BCUT2D eigenvalue weighted by molar-refractivity contribution is 5.95. The zero-order chi connectivity index (χ0) is 22.0. The maximum Gasteiger partial charge on any atom is 0.338 e. The standard InChI is InChI=1S/C25H27N3O3/c1-16-13-19(3-4-20(16)14-26)24(29)27-21-8-11-28(12-9-21)10-7-18-5-6-22-23(17(18)2)15-31-25(22)30/h3-6,13,21H,7-12,15H2,1-2H3,(H,27,29). The van der Waals surface area contributed by atoms with E-state index in [1.165, 1.54) is 11.1 Å². The first-order valence-corrected chi connectivity index (χ1v) is 10.8.